The number of aromatic nitrogens is 1. The van der Waals surface area contributed by atoms with Crippen molar-refractivity contribution in [3.63, 3.8) is 0 Å². The Morgan fingerprint density at radius 3 is 2.75 bits per heavy atom. The monoisotopic (exact) mass is 297 g/mol. The number of anilines is 2. The van der Waals surface area contributed by atoms with Crippen LogP contribution in [0.4, 0.5) is 15.8 Å². The fraction of sp³-hybridized carbons (Fsp3) is 0.0833. The first-order valence-electron chi connectivity index (χ1n) is 5.51. The van der Waals surface area contributed by atoms with Gasteiger partial charge >= 0.3 is 0 Å². The first kappa shape index (κ1) is 14.1. The van der Waals surface area contributed by atoms with E-state index >= 15 is 0 Å². The van der Waals surface area contributed by atoms with Gasteiger partial charge in [0.2, 0.25) is 0 Å². The predicted molar refractivity (Wildman–Crippen MR) is 72.4 cm³/mol. The van der Waals surface area contributed by atoms with E-state index in [4.69, 9.17) is 10.5 Å². The normalized spacial score (nSPS) is 11.1. The van der Waals surface area contributed by atoms with Crippen molar-refractivity contribution in [3.8, 4) is 5.75 Å². The zero-order chi connectivity index (χ0) is 14.8. The van der Waals surface area contributed by atoms with Crippen molar-refractivity contribution in [1.29, 1.82) is 0 Å². The molecule has 3 N–H and O–H groups in total. The van der Waals surface area contributed by atoms with Gasteiger partial charge in [-0.3, -0.25) is 4.72 Å². The number of hydrogen-bond donors (Lipinski definition) is 2. The molecule has 0 amide bonds. The van der Waals surface area contributed by atoms with Gasteiger partial charge in [0.05, 0.1) is 18.5 Å². The molecule has 2 aromatic rings. The van der Waals surface area contributed by atoms with E-state index < -0.39 is 15.8 Å². The second-order valence-corrected chi connectivity index (χ2v) is 5.45. The zero-order valence-electron chi connectivity index (χ0n) is 10.5. The average molecular weight is 297 g/mol. The van der Waals surface area contributed by atoms with E-state index in [1.165, 1.54) is 37.6 Å². The first-order valence-corrected chi connectivity index (χ1v) is 6.99. The van der Waals surface area contributed by atoms with E-state index in [0.29, 0.717) is 5.75 Å². The number of methoxy groups -OCH3 is 1. The molecule has 2 rings (SSSR count). The number of halogens is 1. The van der Waals surface area contributed by atoms with Crippen molar-refractivity contribution in [2.75, 3.05) is 17.6 Å². The number of sulfonamides is 1. The van der Waals surface area contributed by atoms with E-state index in [0.717, 1.165) is 6.07 Å². The summed E-state index contributed by atoms with van der Waals surface area (Å²) in [5.74, 6) is -0.415. The summed E-state index contributed by atoms with van der Waals surface area (Å²) in [6.45, 7) is 0. The molecule has 0 atom stereocenters. The summed E-state index contributed by atoms with van der Waals surface area (Å²) >= 11 is 0. The van der Waals surface area contributed by atoms with Gasteiger partial charge in [-0.05, 0) is 24.3 Å². The van der Waals surface area contributed by atoms with Gasteiger partial charge in [0.25, 0.3) is 10.0 Å². The lowest BCUT2D eigenvalue weighted by atomic mass is 10.3. The van der Waals surface area contributed by atoms with Gasteiger partial charge in [0, 0.05) is 12.3 Å². The molecule has 0 aliphatic carbocycles. The van der Waals surface area contributed by atoms with Crippen molar-refractivity contribution in [2.45, 2.75) is 5.03 Å². The average Bonchev–Trinajstić information content (AvgIpc) is 2.41. The lowest BCUT2D eigenvalue weighted by Crippen LogP contribution is -2.17. The Morgan fingerprint density at radius 2 is 2.10 bits per heavy atom. The van der Waals surface area contributed by atoms with Crippen LogP contribution < -0.4 is 15.2 Å². The molecule has 8 heteroatoms. The Hall–Kier alpha value is -2.35. The molecule has 0 spiro atoms. The maximum atomic E-state index is 13.6. The number of benzene rings is 1. The Labute approximate surface area is 115 Å². The van der Waals surface area contributed by atoms with Crippen LogP contribution in [0, 0.1) is 5.82 Å². The largest absolute Gasteiger partial charge is 0.497 e. The zero-order valence-corrected chi connectivity index (χ0v) is 11.3. The highest BCUT2D eigenvalue weighted by molar-refractivity contribution is 7.92. The smallest absolute Gasteiger partial charge is 0.281 e. The molecule has 106 valence electrons. The van der Waals surface area contributed by atoms with Crippen LogP contribution in [0.1, 0.15) is 0 Å². The molecule has 0 saturated heterocycles. The Balaban J connectivity index is 2.41. The van der Waals surface area contributed by atoms with Gasteiger partial charge in [-0.25, -0.2) is 9.37 Å². The van der Waals surface area contributed by atoms with E-state index in [9.17, 15) is 12.8 Å². The van der Waals surface area contributed by atoms with Crippen LogP contribution in [-0.4, -0.2) is 20.5 Å². The number of rotatable bonds is 4. The predicted octanol–water partition coefficient (Wildman–Crippen LogP) is 1.61. The molecule has 0 saturated carbocycles. The second kappa shape index (κ2) is 5.33. The number of nitrogens with zero attached hydrogens (tertiary/aromatic N) is 1. The first-order chi connectivity index (χ1) is 9.44. The Morgan fingerprint density at radius 1 is 1.35 bits per heavy atom. The van der Waals surface area contributed by atoms with E-state index in [-0.39, 0.29) is 16.4 Å². The minimum atomic E-state index is -4.07. The molecule has 0 aliphatic heterocycles. The third-order valence-corrected chi connectivity index (χ3v) is 3.81. The molecular weight excluding hydrogens is 285 g/mol. The van der Waals surface area contributed by atoms with Gasteiger partial charge in [0.15, 0.2) is 5.03 Å². The molecule has 20 heavy (non-hydrogen) atoms. The summed E-state index contributed by atoms with van der Waals surface area (Å²) in [5, 5.41) is -0.359. The number of nitrogens with two attached hydrogens (primary N) is 1. The van der Waals surface area contributed by atoms with Crippen LogP contribution in [0.25, 0.3) is 0 Å². The van der Waals surface area contributed by atoms with Crippen LogP contribution in [0.5, 0.6) is 5.75 Å². The molecule has 0 unspecified atom stereocenters. The molecular formula is C12H12FN3O3S. The standard InChI is InChI=1S/C12H12FN3O3S/c1-19-8-4-5-9(13)11(7-8)16-20(17,18)12-10(14)3-2-6-15-12/h2-7,16H,14H2,1H3. The molecule has 0 bridgehead atoms. The quantitative estimate of drug-likeness (QED) is 0.894. The number of ether oxygens (including phenoxy) is 1. The lowest BCUT2D eigenvalue weighted by Gasteiger charge is -2.10. The highest BCUT2D eigenvalue weighted by atomic mass is 32.2. The summed E-state index contributed by atoms with van der Waals surface area (Å²) in [6.07, 6.45) is 1.28. The fourth-order valence-electron chi connectivity index (χ4n) is 1.53. The number of pyridine rings is 1. The van der Waals surface area contributed by atoms with Crippen LogP contribution in [0.15, 0.2) is 41.6 Å². The van der Waals surface area contributed by atoms with E-state index in [1.807, 2.05) is 0 Å². The van der Waals surface area contributed by atoms with Crippen molar-refractivity contribution >= 4 is 21.4 Å². The van der Waals surface area contributed by atoms with Gasteiger partial charge in [-0.2, -0.15) is 8.42 Å². The number of nitrogen functional groups attached to an aromatic ring is 1. The van der Waals surface area contributed by atoms with Crippen molar-refractivity contribution < 1.29 is 17.5 Å². The Kier molecular flexibility index (Phi) is 3.75. The molecule has 1 aromatic carbocycles. The Bertz CT molecular complexity index is 734. The minimum absolute atomic E-state index is 0.0247. The third kappa shape index (κ3) is 2.80. The van der Waals surface area contributed by atoms with Crippen molar-refractivity contribution in [2.24, 2.45) is 0 Å². The summed E-state index contributed by atoms with van der Waals surface area (Å²) in [6, 6.07) is 6.59. The van der Waals surface area contributed by atoms with E-state index in [2.05, 4.69) is 9.71 Å². The molecule has 0 aliphatic rings. The highest BCUT2D eigenvalue weighted by Crippen LogP contribution is 2.24. The topological polar surface area (TPSA) is 94.3 Å². The summed E-state index contributed by atoms with van der Waals surface area (Å²) in [5.41, 5.74) is 5.29. The summed E-state index contributed by atoms with van der Waals surface area (Å²) < 4.78 is 44.8. The SMILES string of the molecule is COc1ccc(F)c(NS(=O)(=O)c2ncccc2N)c1. The minimum Gasteiger partial charge on any atom is -0.497 e. The van der Waals surface area contributed by atoms with Crippen molar-refractivity contribution in [1.82, 2.24) is 4.98 Å². The van der Waals surface area contributed by atoms with Crippen LogP contribution in [0.3, 0.4) is 0 Å². The van der Waals surface area contributed by atoms with Crippen molar-refractivity contribution in [3.05, 3.63) is 42.3 Å². The van der Waals surface area contributed by atoms with Crippen LogP contribution in [-0.2, 0) is 10.0 Å². The third-order valence-electron chi connectivity index (χ3n) is 2.47. The van der Waals surface area contributed by atoms with Crippen LogP contribution in [0.2, 0.25) is 0 Å². The molecule has 1 aromatic heterocycles. The number of hydrogen-bond acceptors (Lipinski definition) is 5. The van der Waals surface area contributed by atoms with Gasteiger partial charge < -0.3 is 10.5 Å². The fourth-order valence-corrected chi connectivity index (χ4v) is 2.65. The maximum absolute atomic E-state index is 13.6. The summed E-state index contributed by atoms with van der Waals surface area (Å²) in [4.78, 5) is 3.69. The number of nitrogens with one attached hydrogen (secondary N) is 1. The molecule has 0 radical (unpaired) electrons. The van der Waals surface area contributed by atoms with Crippen LogP contribution >= 0.6 is 0 Å². The second-order valence-electron chi connectivity index (χ2n) is 3.85. The molecule has 1 heterocycles. The van der Waals surface area contributed by atoms with Gasteiger partial charge in [-0.15, -0.1) is 0 Å². The van der Waals surface area contributed by atoms with Gasteiger partial charge in [-0.1, -0.05) is 0 Å². The summed E-state index contributed by atoms with van der Waals surface area (Å²) in [7, 11) is -2.68. The highest BCUT2D eigenvalue weighted by Gasteiger charge is 2.20. The molecule has 0 fully saturated rings. The van der Waals surface area contributed by atoms with Gasteiger partial charge in [0.1, 0.15) is 11.6 Å². The maximum Gasteiger partial charge on any atom is 0.281 e. The molecule has 6 nitrogen and oxygen atoms in total. The van der Waals surface area contributed by atoms with E-state index in [1.54, 1.807) is 0 Å². The lowest BCUT2D eigenvalue weighted by molar-refractivity contribution is 0.414.